The van der Waals surface area contributed by atoms with Gasteiger partial charge in [-0.05, 0) is 31.8 Å². The lowest BCUT2D eigenvalue weighted by atomic mass is 9.95. The maximum atomic E-state index is 12.2. The van der Waals surface area contributed by atoms with Crippen LogP contribution < -0.4 is 5.32 Å². The summed E-state index contributed by atoms with van der Waals surface area (Å²) >= 11 is 0. The van der Waals surface area contributed by atoms with E-state index in [9.17, 15) is 4.79 Å². The molecule has 0 aromatic heterocycles. The average Bonchev–Trinajstić information content (AvgIpc) is 2.46. The van der Waals surface area contributed by atoms with E-state index in [2.05, 4.69) is 16.3 Å². The Balaban J connectivity index is 1.68. The van der Waals surface area contributed by atoms with Gasteiger partial charge in [0.05, 0.1) is 6.07 Å². The molecular weight excluding hydrogens is 240 g/mol. The molecule has 2 aliphatic rings. The molecule has 2 heterocycles. The van der Waals surface area contributed by atoms with E-state index >= 15 is 0 Å². The van der Waals surface area contributed by atoms with Crippen molar-refractivity contribution >= 4 is 5.91 Å². The van der Waals surface area contributed by atoms with Gasteiger partial charge in [0, 0.05) is 45.6 Å². The molecular formula is C14H24N4O. The molecule has 1 amide bonds. The van der Waals surface area contributed by atoms with Crippen molar-refractivity contribution < 1.29 is 4.79 Å². The number of amides is 1. The Kier molecular flexibility index (Phi) is 5.62. The lowest BCUT2D eigenvalue weighted by Gasteiger charge is -2.35. The number of nitrogens with zero attached hydrogens (tertiary/aromatic N) is 3. The molecule has 2 rings (SSSR count). The molecule has 0 saturated carbocycles. The number of piperidine rings is 1. The molecule has 5 heteroatoms. The van der Waals surface area contributed by atoms with Crippen LogP contribution in [0.25, 0.3) is 0 Å². The third-order valence-corrected chi connectivity index (χ3v) is 4.13. The van der Waals surface area contributed by atoms with Crippen molar-refractivity contribution in [2.45, 2.75) is 25.7 Å². The van der Waals surface area contributed by atoms with Crippen LogP contribution in [0.2, 0.25) is 0 Å². The maximum absolute atomic E-state index is 12.2. The zero-order chi connectivity index (χ0) is 13.5. The minimum absolute atomic E-state index is 0.314. The largest absolute Gasteiger partial charge is 0.340 e. The molecule has 5 nitrogen and oxygen atoms in total. The Morgan fingerprint density at radius 2 is 2.11 bits per heavy atom. The van der Waals surface area contributed by atoms with Crippen molar-refractivity contribution in [3.05, 3.63) is 0 Å². The first-order valence-corrected chi connectivity index (χ1v) is 7.37. The number of carbonyl (C=O) groups excluding carboxylic acids is 1. The normalized spacial score (nSPS) is 25.0. The third-order valence-electron chi connectivity index (χ3n) is 4.13. The van der Waals surface area contributed by atoms with Gasteiger partial charge in [0.25, 0.3) is 0 Å². The number of hydrogen-bond donors (Lipinski definition) is 1. The fourth-order valence-electron chi connectivity index (χ4n) is 2.90. The van der Waals surface area contributed by atoms with E-state index in [1.54, 1.807) is 0 Å². The predicted molar refractivity (Wildman–Crippen MR) is 73.5 cm³/mol. The zero-order valence-electron chi connectivity index (χ0n) is 11.6. The van der Waals surface area contributed by atoms with Crippen LogP contribution in [0.1, 0.15) is 25.7 Å². The van der Waals surface area contributed by atoms with Gasteiger partial charge in [-0.3, -0.25) is 9.69 Å². The third kappa shape index (κ3) is 4.48. The highest BCUT2D eigenvalue weighted by Crippen LogP contribution is 2.16. The van der Waals surface area contributed by atoms with Crippen molar-refractivity contribution in [3.63, 3.8) is 0 Å². The molecule has 0 aromatic carbocycles. The summed E-state index contributed by atoms with van der Waals surface area (Å²) in [5.74, 6) is 0.839. The fraction of sp³-hybridized carbons (Fsp3) is 0.857. The lowest BCUT2D eigenvalue weighted by molar-refractivity contribution is -0.134. The second-order valence-electron chi connectivity index (χ2n) is 5.55. The zero-order valence-corrected chi connectivity index (χ0v) is 11.6. The Bertz CT molecular complexity index is 325. The summed E-state index contributed by atoms with van der Waals surface area (Å²) in [6, 6.07) is 2.17. The smallest absolute Gasteiger partial charge is 0.222 e. The van der Waals surface area contributed by atoms with Gasteiger partial charge in [0.1, 0.15) is 0 Å². The maximum Gasteiger partial charge on any atom is 0.222 e. The number of carbonyl (C=O) groups is 1. The second kappa shape index (κ2) is 7.46. The Morgan fingerprint density at radius 3 is 2.74 bits per heavy atom. The second-order valence-corrected chi connectivity index (χ2v) is 5.55. The van der Waals surface area contributed by atoms with Crippen LogP contribution in [0, 0.1) is 17.2 Å². The molecule has 1 unspecified atom stereocenters. The van der Waals surface area contributed by atoms with Crippen molar-refractivity contribution in [1.82, 2.24) is 15.1 Å². The Hall–Kier alpha value is -1.12. The van der Waals surface area contributed by atoms with Crippen LogP contribution in [0.15, 0.2) is 0 Å². The molecule has 0 radical (unpaired) electrons. The van der Waals surface area contributed by atoms with E-state index in [1.807, 2.05) is 4.90 Å². The number of piperazine rings is 1. The van der Waals surface area contributed by atoms with Gasteiger partial charge in [-0.2, -0.15) is 5.26 Å². The van der Waals surface area contributed by atoms with E-state index in [4.69, 9.17) is 5.26 Å². The monoisotopic (exact) mass is 264 g/mol. The van der Waals surface area contributed by atoms with E-state index in [-0.39, 0.29) is 0 Å². The van der Waals surface area contributed by atoms with Crippen molar-refractivity contribution in [3.8, 4) is 6.07 Å². The van der Waals surface area contributed by atoms with E-state index in [0.29, 0.717) is 24.7 Å². The molecule has 1 N–H and O–H groups in total. The van der Waals surface area contributed by atoms with Crippen molar-refractivity contribution in [2.24, 2.45) is 5.92 Å². The van der Waals surface area contributed by atoms with Crippen LogP contribution in [0.5, 0.6) is 0 Å². The number of rotatable bonds is 4. The first-order valence-electron chi connectivity index (χ1n) is 7.37. The molecule has 2 aliphatic heterocycles. The van der Waals surface area contributed by atoms with E-state index in [1.165, 1.54) is 12.8 Å². The molecule has 0 bridgehead atoms. The summed E-state index contributed by atoms with van der Waals surface area (Å²) in [6.07, 6.45) is 3.66. The molecule has 2 fully saturated rings. The molecule has 1 atom stereocenters. The first kappa shape index (κ1) is 14.3. The number of nitrogens with one attached hydrogen (secondary N) is 1. The highest BCUT2D eigenvalue weighted by atomic mass is 16.2. The van der Waals surface area contributed by atoms with Crippen LogP contribution in [-0.4, -0.2) is 61.5 Å². The summed E-state index contributed by atoms with van der Waals surface area (Å²) in [4.78, 5) is 16.5. The number of nitriles is 1. The van der Waals surface area contributed by atoms with Crippen LogP contribution in [0.3, 0.4) is 0 Å². The summed E-state index contributed by atoms with van der Waals surface area (Å²) < 4.78 is 0. The summed E-state index contributed by atoms with van der Waals surface area (Å²) in [5, 5.41) is 11.9. The highest BCUT2D eigenvalue weighted by molar-refractivity contribution is 5.76. The average molecular weight is 264 g/mol. The SMILES string of the molecule is N#CCCN1CCN(C(=O)CC2CCCNC2)CC1. The minimum atomic E-state index is 0.314. The lowest BCUT2D eigenvalue weighted by Crippen LogP contribution is -2.49. The highest BCUT2D eigenvalue weighted by Gasteiger charge is 2.24. The minimum Gasteiger partial charge on any atom is -0.340 e. The topological polar surface area (TPSA) is 59.4 Å². The van der Waals surface area contributed by atoms with Gasteiger partial charge in [-0.15, -0.1) is 0 Å². The van der Waals surface area contributed by atoms with E-state index < -0.39 is 0 Å². The van der Waals surface area contributed by atoms with Crippen LogP contribution >= 0.6 is 0 Å². The first-order chi connectivity index (χ1) is 9.29. The molecule has 19 heavy (non-hydrogen) atoms. The van der Waals surface area contributed by atoms with Gasteiger partial charge in [0.2, 0.25) is 5.91 Å². The van der Waals surface area contributed by atoms with Crippen LogP contribution in [-0.2, 0) is 4.79 Å². The molecule has 2 saturated heterocycles. The van der Waals surface area contributed by atoms with Gasteiger partial charge < -0.3 is 10.2 Å². The fourth-order valence-corrected chi connectivity index (χ4v) is 2.90. The quantitative estimate of drug-likeness (QED) is 0.800. The summed E-state index contributed by atoms with van der Waals surface area (Å²) in [6.45, 7) is 6.41. The van der Waals surface area contributed by atoms with Crippen LogP contribution in [0.4, 0.5) is 0 Å². The molecule has 0 aliphatic carbocycles. The van der Waals surface area contributed by atoms with Gasteiger partial charge in [0.15, 0.2) is 0 Å². The molecule has 0 aromatic rings. The standard InChI is InChI=1S/C14H24N4O/c15-4-2-6-17-7-9-18(10-8-17)14(19)11-13-3-1-5-16-12-13/h13,16H,1-3,5-12H2. The van der Waals surface area contributed by atoms with Gasteiger partial charge in [-0.1, -0.05) is 0 Å². The predicted octanol–water partition coefficient (Wildman–Crippen LogP) is 0.434. The Labute approximate surface area is 115 Å². The Morgan fingerprint density at radius 1 is 1.32 bits per heavy atom. The number of hydrogen-bond acceptors (Lipinski definition) is 4. The molecule has 106 valence electrons. The van der Waals surface area contributed by atoms with Gasteiger partial charge in [-0.25, -0.2) is 0 Å². The van der Waals surface area contributed by atoms with Gasteiger partial charge >= 0.3 is 0 Å². The summed E-state index contributed by atoms with van der Waals surface area (Å²) in [7, 11) is 0. The molecule has 0 spiro atoms. The summed E-state index contributed by atoms with van der Waals surface area (Å²) in [5.41, 5.74) is 0. The van der Waals surface area contributed by atoms with Crippen molar-refractivity contribution in [2.75, 3.05) is 45.8 Å². The van der Waals surface area contributed by atoms with Crippen molar-refractivity contribution in [1.29, 1.82) is 5.26 Å². The van der Waals surface area contributed by atoms with E-state index in [0.717, 1.165) is 45.8 Å².